The molecule has 5 aromatic rings. The Bertz CT molecular complexity index is 1310. The van der Waals surface area contributed by atoms with Gasteiger partial charge in [0.05, 0.1) is 18.5 Å². The molecule has 0 fully saturated rings. The molecule has 4 aromatic carbocycles. The average molecular weight is 414 g/mol. The van der Waals surface area contributed by atoms with E-state index in [0.717, 1.165) is 33.8 Å². The Morgan fingerprint density at radius 1 is 0.438 bits per heavy atom. The number of nitrogens with zero attached hydrogens (tertiary/aromatic N) is 1. The van der Waals surface area contributed by atoms with Crippen LogP contribution in [0, 0.1) is 0 Å². The van der Waals surface area contributed by atoms with Gasteiger partial charge in [-0.15, -0.1) is 0 Å². The molecule has 0 spiro atoms. The van der Waals surface area contributed by atoms with E-state index in [2.05, 4.69) is 84.9 Å². The van der Waals surface area contributed by atoms with Crippen LogP contribution in [-0.4, -0.2) is 12.1 Å². The molecule has 0 saturated heterocycles. The Labute approximate surface area is 188 Å². The zero-order chi connectivity index (χ0) is 21.8. The van der Waals surface area contributed by atoms with E-state index in [1.54, 1.807) is 7.11 Å². The summed E-state index contributed by atoms with van der Waals surface area (Å²) in [5.41, 5.74) is 8.80. The summed E-state index contributed by atoms with van der Waals surface area (Å²) >= 11 is 0. The summed E-state index contributed by atoms with van der Waals surface area (Å²) < 4.78 is 5.32. The number of pyridine rings is 1. The van der Waals surface area contributed by atoms with Gasteiger partial charge in [-0.3, -0.25) is 0 Å². The maximum Gasteiger partial charge on any atom is 0.118 e. The van der Waals surface area contributed by atoms with E-state index in [0.29, 0.717) is 0 Å². The smallest absolute Gasteiger partial charge is 0.118 e. The van der Waals surface area contributed by atoms with Gasteiger partial charge in [0, 0.05) is 11.1 Å². The zero-order valence-corrected chi connectivity index (χ0v) is 17.9. The highest BCUT2D eigenvalue weighted by atomic mass is 16.5. The number of rotatable bonds is 5. The summed E-state index contributed by atoms with van der Waals surface area (Å²) in [4.78, 5) is 4.98. The monoisotopic (exact) mass is 413 g/mol. The molecule has 0 unspecified atom stereocenters. The lowest BCUT2D eigenvalue weighted by atomic mass is 9.97. The van der Waals surface area contributed by atoms with Crippen LogP contribution < -0.4 is 4.74 Å². The molecule has 0 aliphatic carbocycles. The minimum atomic E-state index is 0.838. The van der Waals surface area contributed by atoms with E-state index in [1.807, 2.05) is 36.4 Å². The van der Waals surface area contributed by atoms with Crippen LogP contribution in [-0.2, 0) is 0 Å². The first-order chi connectivity index (χ1) is 15.8. The van der Waals surface area contributed by atoms with Crippen LogP contribution in [0.4, 0.5) is 0 Å². The van der Waals surface area contributed by atoms with Crippen molar-refractivity contribution >= 4 is 0 Å². The predicted octanol–water partition coefficient (Wildman–Crippen LogP) is 7.76. The number of ether oxygens (including phenoxy) is 1. The molecule has 1 heterocycles. The Morgan fingerprint density at radius 3 is 1.38 bits per heavy atom. The van der Waals surface area contributed by atoms with Crippen molar-refractivity contribution in [2.75, 3.05) is 7.11 Å². The van der Waals surface area contributed by atoms with Gasteiger partial charge in [-0.2, -0.15) is 0 Å². The van der Waals surface area contributed by atoms with Crippen LogP contribution in [0.15, 0.2) is 121 Å². The van der Waals surface area contributed by atoms with Gasteiger partial charge in [-0.1, -0.05) is 84.9 Å². The van der Waals surface area contributed by atoms with Crippen LogP contribution in [0.2, 0.25) is 0 Å². The first-order valence-electron chi connectivity index (χ1n) is 10.7. The highest BCUT2D eigenvalue weighted by Crippen LogP contribution is 2.32. The normalized spacial score (nSPS) is 10.7. The minimum absolute atomic E-state index is 0.838. The van der Waals surface area contributed by atoms with Gasteiger partial charge < -0.3 is 4.74 Å². The topological polar surface area (TPSA) is 22.1 Å². The highest BCUT2D eigenvalue weighted by Gasteiger charge is 2.09. The van der Waals surface area contributed by atoms with Crippen molar-refractivity contribution in [3.63, 3.8) is 0 Å². The molecule has 0 bridgehead atoms. The van der Waals surface area contributed by atoms with Crippen LogP contribution in [0.25, 0.3) is 44.8 Å². The number of benzene rings is 4. The Morgan fingerprint density at radius 2 is 0.844 bits per heavy atom. The second-order valence-corrected chi connectivity index (χ2v) is 7.66. The molecule has 5 rings (SSSR count). The fraction of sp³-hybridized carbons (Fsp3) is 0.0333. The summed E-state index contributed by atoms with van der Waals surface area (Å²) in [6, 6.07) is 41.9. The van der Waals surface area contributed by atoms with Gasteiger partial charge in [0.25, 0.3) is 0 Å². The molecule has 0 atom stereocenters. The quantitative estimate of drug-likeness (QED) is 0.294. The number of hydrogen-bond donors (Lipinski definition) is 0. The molecular formula is C30H23NO. The first-order valence-corrected chi connectivity index (χ1v) is 10.7. The third-order valence-corrected chi connectivity index (χ3v) is 5.61. The van der Waals surface area contributed by atoms with Crippen LogP contribution in [0.1, 0.15) is 0 Å². The van der Waals surface area contributed by atoms with Gasteiger partial charge in [-0.25, -0.2) is 4.98 Å². The van der Waals surface area contributed by atoms with E-state index in [4.69, 9.17) is 9.72 Å². The van der Waals surface area contributed by atoms with Crippen LogP contribution >= 0.6 is 0 Å². The van der Waals surface area contributed by atoms with Gasteiger partial charge >= 0.3 is 0 Å². The maximum absolute atomic E-state index is 5.32. The first kappa shape index (κ1) is 19.8. The summed E-state index contributed by atoms with van der Waals surface area (Å²) in [6.07, 6.45) is 0. The second-order valence-electron chi connectivity index (χ2n) is 7.66. The lowest BCUT2D eigenvalue weighted by Crippen LogP contribution is -1.91. The molecular weight excluding hydrogens is 390 g/mol. The summed E-state index contributed by atoms with van der Waals surface area (Å²) in [5, 5.41) is 0. The molecule has 2 nitrogen and oxygen atoms in total. The van der Waals surface area contributed by atoms with Gasteiger partial charge in [0.1, 0.15) is 5.75 Å². The maximum atomic E-state index is 5.32. The van der Waals surface area contributed by atoms with E-state index in [9.17, 15) is 0 Å². The Kier molecular flexibility index (Phi) is 5.50. The number of aromatic nitrogens is 1. The fourth-order valence-corrected chi connectivity index (χ4v) is 3.85. The van der Waals surface area contributed by atoms with Crippen molar-refractivity contribution in [1.29, 1.82) is 0 Å². The third-order valence-electron chi connectivity index (χ3n) is 5.61. The van der Waals surface area contributed by atoms with Crippen LogP contribution in [0.5, 0.6) is 5.75 Å². The predicted molar refractivity (Wildman–Crippen MR) is 133 cm³/mol. The molecule has 2 heteroatoms. The molecule has 0 aliphatic rings. The summed E-state index contributed by atoms with van der Waals surface area (Å²) in [5.74, 6) is 0.838. The van der Waals surface area contributed by atoms with Crippen molar-refractivity contribution in [1.82, 2.24) is 4.98 Å². The lowest BCUT2D eigenvalue weighted by Gasteiger charge is -2.11. The molecule has 0 radical (unpaired) electrons. The molecule has 0 aliphatic heterocycles. The van der Waals surface area contributed by atoms with E-state index in [1.165, 1.54) is 16.7 Å². The van der Waals surface area contributed by atoms with Crippen molar-refractivity contribution in [2.45, 2.75) is 0 Å². The Hall–Kier alpha value is -4.17. The lowest BCUT2D eigenvalue weighted by molar-refractivity contribution is 0.415. The van der Waals surface area contributed by atoms with E-state index < -0.39 is 0 Å². The summed E-state index contributed by atoms with van der Waals surface area (Å²) in [7, 11) is 1.68. The second kappa shape index (κ2) is 8.91. The Balaban J connectivity index is 1.59. The van der Waals surface area contributed by atoms with Gasteiger partial charge in [0.15, 0.2) is 0 Å². The molecule has 32 heavy (non-hydrogen) atoms. The molecule has 154 valence electrons. The van der Waals surface area contributed by atoms with Crippen molar-refractivity contribution < 1.29 is 4.74 Å². The largest absolute Gasteiger partial charge is 0.497 e. The average Bonchev–Trinajstić information content (AvgIpc) is 2.89. The van der Waals surface area contributed by atoms with Crippen LogP contribution in [0.3, 0.4) is 0 Å². The highest BCUT2D eigenvalue weighted by molar-refractivity contribution is 5.78. The SMILES string of the molecule is COc1ccc(-c2cc(-c3ccc(-c4ccccc4)cc3)cc(-c3ccccc3)n2)cc1. The van der Waals surface area contributed by atoms with E-state index >= 15 is 0 Å². The zero-order valence-electron chi connectivity index (χ0n) is 17.9. The van der Waals surface area contributed by atoms with Gasteiger partial charge in [0.2, 0.25) is 0 Å². The molecule has 0 saturated carbocycles. The summed E-state index contributed by atoms with van der Waals surface area (Å²) in [6.45, 7) is 0. The van der Waals surface area contributed by atoms with Crippen molar-refractivity contribution in [3.05, 3.63) is 121 Å². The van der Waals surface area contributed by atoms with Crippen molar-refractivity contribution in [2.24, 2.45) is 0 Å². The molecule has 0 amide bonds. The van der Waals surface area contributed by atoms with E-state index in [-0.39, 0.29) is 0 Å². The standard InChI is InChI=1S/C30H23NO/c1-32-28-18-16-26(17-19-28)30-21-27(20-29(31-30)25-10-6-3-7-11-25)24-14-12-23(13-15-24)22-8-4-2-5-9-22/h2-21H,1H3. The number of methoxy groups -OCH3 is 1. The third kappa shape index (κ3) is 4.17. The molecule has 0 N–H and O–H groups in total. The fourth-order valence-electron chi connectivity index (χ4n) is 3.85. The van der Waals surface area contributed by atoms with Gasteiger partial charge in [-0.05, 0) is 58.7 Å². The molecule has 1 aromatic heterocycles. The number of hydrogen-bond acceptors (Lipinski definition) is 2. The van der Waals surface area contributed by atoms with Crippen molar-refractivity contribution in [3.8, 4) is 50.5 Å². The minimum Gasteiger partial charge on any atom is -0.497 e.